The highest BCUT2D eigenvalue weighted by Crippen LogP contribution is 2.27. The smallest absolute Gasteiger partial charge is 0.291 e. The van der Waals surface area contributed by atoms with Crippen molar-refractivity contribution in [1.29, 1.82) is 0 Å². The number of H-pyrrole nitrogens is 1. The van der Waals surface area contributed by atoms with Crippen molar-refractivity contribution >= 4 is 32.7 Å². The van der Waals surface area contributed by atoms with Crippen molar-refractivity contribution in [1.82, 2.24) is 9.97 Å². The molecule has 2 aromatic heterocycles. The van der Waals surface area contributed by atoms with Crippen molar-refractivity contribution in [3.8, 4) is 0 Å². The van der Waals surface area contributed by atoms with Crippen LogP contribution in [0.5, 0.6) is 0 Å². The summed E-state index contributed by atoms with van der Waals surface area (Å²) in [7, 11) is 0. The molecule has 0 amide bonds. The Morgan fingerprint density at radius 2 is 2.36 bits per heavy atom. The molecule has 0 aliphatic heterocycles. The Morgan fingerprint density at radius 3 is 3.00 bits per heavy atom. The summed E-state index contributed by atoms with van der Waals surface area (Å²) < 4.78 is 0.781. The van der Waals surface area contributed by atoms with E-state index in [4.69, 9.17) is 0 Å². The number of aromatic nitrogens is 2. The quantitative estimate of drug-likeness (QED) is 0.629. The molecule has 0 atom stereocenters. The molecule has 6 heteroatoms. The first-order valence-corrected chi connectivity index (χ1v) is 4.67. The van der Waals surface area contributed by atoms with Crippen LogP contribution in [0.3, 0.4) is 0 Å². The fourth-order valence-corrected chi connectivity index (χ4v) is 1.70. The van der Waals surface area contributed by atoms with Crippen LogP contribution in [0.4, 0.5) is 5.69 Å². The Balaban J connectivity index is 2.80. The van der Waals surface area contributed by atoms with Gasteiger partial charge in [-0.2, -0.15) is 0 Å². The van der Waals surface area contributed by atoms with Crippen molar-refractivity contribution in [2.24, 2.45) is 0 Å². The molecule has 0 bridgehead atoms. The van der Waals surface area contributed by atoms with Crippen molar-refractivity contribution in [2.45, 2.75) is 6.92 Å². The van der Waals surface area contributed by atoms with Gasteiger partial charge in [0.1, 0.15) is 11.3 Å². The molecule has 0 unspecified atom stereocenters. The minimum Gasteiger partial charge on any atom is -0.345 e. The molecule has 0 aliphatic carbocycles. The Bertz CT molecular complexity index is 521. The predicted octanol–water partition coefficient (Wildman–Crippen LogP) is 2.54. The second-order valence-corrected chi connectivity index (χ2v) is 3.74. The van der Waals surface area contributed by atoms with Crippen LogP contribution in [0.25, 0.3) is 11.0 Å². The highest BCUT2D eigenvalue weighted by molar-refractivity contribution is 9.10. The molecule has 0 aliphatic rings. The lowest BCUT2D eigenvalue weighted by atomic mass is 10.2. The summed E-state index contributed by atoms with van der Waals surface area (Å²) in [4.78, 5) is 17.2. The maximum absolute atomic E-state index is 10.6. The lowest BCUT2D eigenvalue weighted by molar-refractivity contribution is -0.385. The minimum absolute atomic E-state index is 0.0396. The Labute approximate surface area is 87.4 Å². The number of hydrogen-bond acceptors (Lipinski definition) is 3. The number of nitrogens with zero attached hydrogens (tertiary/aromatic N) is 2. The van der Waals surface area contributed by atoms with E-state index >= 15 is 0 Å². The first kappa shape index (κ1) is 9.14. The number of nitro groups is 1. The lowest BCUT2D eigenvalue weighted by Crippen LogP contribution is -1.94. The summed E-state index contributed by atoms with van der Waals surface area (Å²) in [6.45, 7) is 1.62. The predicted molar refractivity (Wildman–Crippen MR) is 55.2 cm³/mol. The SMILES string of the molecule is Cc1nc2[nH]cc(Br)c2cc1[N+](=O)[O-]. The van der Waals surface area contributed by atoms with Crippen LogP contribution in [0.15, 0.2) is 16.7 Å². The number of rotatable bonds is 1. The molecule has 2 aromatic rings. The number of fused-ring (bicyclic) bond motifs is 1. The van der Waals surface area contributed by atoms with E-state index in [2.05, 4.69) is 25.9 Å². The topological polar surface area (TPSA) is 71.8 Å². The van der Waals surface area contributed by atoms with E-state index in [1.54, 1.807) is 13.1 Å². The molecule has 0 aromatic carbocycles. The average Bonchev–Trinajstić information content (AvgIpc) is 2.46. The number of hydrogen-bond donors (Lipinski definition) is 1. The molecular weight excluding hydrogens is 250 g/mol. The van der Waals surface area contributed by atoms with Gasteiger partial charge >= 0.3 is 0 Å². The molecule has 72 valence electrons. The Hall–Kier alpha value is -1.43. The van der Waals surface area contributed by atoms with Crippen molar-refractivity contribution in [3.63, 3.8) is 0 Å². The molecule has 0 spiro atoms. The van der Waals surface area contributed by atoms with E-state index in [0.717, 1.165) is 9.86 Å². The van der Waals surface area contributed by atoms with E-state index in [1.807, 2.05) is 0 Å². The van der Waals surface area contributed by atoms with E-state index in [0.29, 0.717) is 11.3 Å². The summed E-state index contributed by atoms with van der Waals surface area (Å²) in [5.41, 5.74) is 1.11. The van der Waals surface area contributed by atoms with E-state index < -0.39 is 4.92 Å². The summed E-state index contributed by atoms with van der Waals surface area (Å²) in [6.07, 6.45) is 1.71. The highest BCUT2D eigenvalue weighted by atomic mass is 79.9. The third kappa shape index (κ3) is 1.27. The number of aromatic amines is 1. The third-order valence-electron chi connectivity index (χ3n) is 1.98. The van der Waals surface area contributed by atoms with Gasteiger partial charge in [0.25, 0.3) is 5.69 Å². The van der Waals surface area contributed by atoms with Gasteiger partial charge in [-0.1, -0.05) is 0 Å². The number of pyridine rings is 1. The van der Waals surface area contributed by atoms with Gasteiger partial charge < -0.3 is 4.98 Å². The first-order valence-electron chi connectivity index (χ1n) is 3.88. The number of aryl methyl sites for hydroxylation is 1. The fraction of sp³-hybridized carbons (Fsp3) is 0.125. The minimum atomic E-state index is -0.429. The zero-order valence-electron chi connectivity index (χ0n) is 7.24. The molecule has 1 N–H and O–H groups in total. The highest BCUT2D eigenvalue weighted by Gasteiger charge is 2.14. The summed E-state index contributed by atoms with van der Waals surface area (Å²) in [5.74, 6) is 0. The van der Waals surface area contributed by atoms with Crippen LogP contribution < -0.4 is 0 Å². The summed E-state index contributed by atoms with van der Waals surface area (Å²) >= 11 is 3.28. The zero-order chi connectivity index (χ0) is 10.3. The normalized spacial score (nSPS) is 10.7. The van der Waals surface area contributed by atoms with Crippen molar-refractivity contribution in [3.05, 3.63) is 32.5 Å². The number of nitrogens with one attached hydrogen (secondary N) is 1. The van der Waals surface area contributed by atoms with E-state index in [1.165, 1.54) is 6.07 Å². The van der Waals surface area contributed by atoms with Crippen LogP contribution >= 0.6 is 15.9 Å². The molecule has 0 radical (unpaired) electrons. The second-order valence-electron chi connectivity index (χ2n) is 2.88. The van der Waals surface area contributed by atoms with Crippen LogP contribution in [0.2, 0.25) is 0 Å². The zero-order valence-corrected chi connectivity index (χ0v) is 8.83. The van der Waals surface area contributed by atoms with Crippen molar-refractivity contribution < 1.29 is 4.92 Å². The van der Waals surface area contributed by atoms with Gasteiger partial charge in [0.2, 0.25) is 0 Å². The molecule has 0 fully saturated rings. The lowest BCUT2D eigenvalue weighted by Gasteiger charge is -1.96. The van der Waals surface area contributed by atoms with Gasteiger partial charge in [-0.15, -0.1) is 0 Å². The largest absolute Gasteiger partial charge is 0.345 e. The summed E-state index contributed by atoms with van der Waals surface area (Å²) in [5, 5.41) is 11.4. The molecule has 2 heterocycles. The first-order chi connectivity index (χ1) is 6.59. The fourth-order valence-electron chi connectivity index (χ4n) is 1.28. The summed E-state index contributed by atoms with van der Waals surface area (Å²) in [6, 6.07) is 1.51. The van der Waals surface area contributed by atoms with Gasteiger partial charge in [-0.05, 0) is 22.9 Å². The van der Waals surface area contributed by atoms with E-state index in [-0.39, 0.29) is 5.69 Å². The molecule has 14 heavy (non-hydrogen) atoms. The Morgan fingerprint density at radius 1 is 1.64 bits per heavy atom. The van der Waals surface area contributed by atoms with Crippen LogP contribution in [0.1, 0.15) is 5.69 Å². The standard InChI is InChI=1S/C8H6BrN3O2/c1-4-7(12(13)14)2-5-6(9)3-10-8(5)11-4/h2-3H,1H3,(H,10,11). The van der Waals surface area contributed by atoms with Gasteiger partial charge in [0.05, 0.1) is 4.92 Å². The maximum Gasteiger partial charge on any atom is 0.291 e. The number of halogens is 1. The maximum atomic E-state index is 10.6. The average molecular weight is 256 g/mol. The van der Waals surface area contributed by atoms with Gasteiger partial charge in [0.15, 0.2) is 0 Å². The van der Waals surface area contributed by atoms with Gasteiger partial charge in [-0.3, -0.25) is 10.1 Å². The Kier molecular flexibility index (Phi) is 1.99. The molecule has 2 rings (SSSR count). The monoisotopic (exact) mass is 255 g/mol. The van der Waals surface area contributed by atoms with Gasteiger partial charge in [0, 0.05) is 22.1 Å². The van der Waals surface area contributed by atoms with Crippen LogP contribution in [0, 0.1) is 17.0 Å². The van der Waals surface area contributed by atoms with Crippen LogP contribution in [-0.4, -0.2) is 14.9 Å². The molecule has 5 nitrogen and oxygen atoms in total. The molecular formula is C8H6BrN3O2. The third-order valence-corrected chi connectivity index (χ3v) is 2.63. The second kappa shape index (κ2) is 3.06. The van der Waals surface area contributed by atoms with Crippen molar-refractivity contribution in [2.75, 3.05) is 0 Å². The molecule has 0 saturated heterocycles. The molecule has 0 saturated carbocycles. The van der Waals surface area contributed by atoms with Crippen LogP contribution in [-0.2, 0) is 0 Å². The van der Waals surface area contributed by atoms with E-state index in [9.17, 15) is 10.1 Å². The van der Waals surface area contributed by atoms with Gasteiger partial charge in [-0.25, -0.2) is 4.98 Å².